The topological polar surface area (TPSA) is 66.9 Å². The van der Waals surface area contributed by atoms with Gasteiger partial charge >= 0.3 is 6.03 Å². The number of amides is 2. The predicted molar refractivity (Wildman–Crippen MR) is 61.3 cm³/mol. The molecule has 1 rings (SSSR count). The van der Waals surface area contributed by atoms with Crippen LogP contribution in [0, 0.1) is 0 Å². The van der Waals surface area contributed by atoms with Crippen molar-refractivity contribution in [3.05, 3.63) is 28.6 Å². The summed E-state index contributed by atoms with van der Waals surface area (Å²) in [5.74, 6) is 0.262. The van der Waals surface area contributed by atoms with Crippen LogP contribution in [0.25, 0.3) is 0 Å². The van der Waals surface area contributed by atoms with Crippen LogP contribution in [0.3, 0.4) is 0 Å². The van der Waals surface area contributed by atoms with Gasteiger partial charge in [-0.2, -0.15) is 0 Å². The zero-order valence-electron chi connectivity index (χ0n) is 8.41. The number of anilines is 1. The quantitative estimate of drug-likeness (QED) is 0.867. The number of allylic oxidation sites excluding steroid dienone is 1. The van der Waals surface area contributed by atoms with Gasteiger partial charge in [0.05, 0.1) is 4.47 Å². The smallest absolute Gasteiger partial charge is 0.314 e. The lowest BCUT2D eigenvalue weighted by molar-refractivity contribution is 0.255. The highest BCUT2D eigenvalue weighted by atomic mass is 79.9. The first-order chi connectivity index (χ1) is 7.08. The van der Waals surface area contributed by atoms with E-state index in [2.05, 4.69) is 36.5 Å². The standard InChI is InChI=1S/C9H11BrN4O/c1-6(2)3-13-9(15)14-8-11-4-7(10)5-12-8/h3-5H,1-2H3,(H2,11,12,13,14,15). The Balaban J connectivity index is 2.51. The molecule has 0 saturated heterocycles. The van der Waals surface area contributed by atoms with Crippen molar-refractivity contribution < 1.29 is 4.79 Å². The van der Waals surface area contributed by atoms with Gasteiger partial charge in [0, 0.05) is 18.6 Å². The van der Waals surface area contributed by atoms with Gasteiger partial charge in [0.2, 0.25) is 5.95 Å². The lowest BCUT2D eigenvalue weighted by Crippen LogP contribution is -2.25. The number of carbonyl (C=O) groups is 1. The third kappa shape index (κ3) is 4.55. The molecule has 0 aliphatic rings. The van der Waals surface area contributed by atoms with Crippen LogP contribution in [0.15, 0.2) is 28.6 Å². The lowest BCUT2D eigenvalue weighted by Gasteiger charge is -2.02. The Bertz CT molecular complexity index is 370. The molecule has 6 heteroatoms. The summed E-state index contributed by atoms with van der Waals surface area (Å²) in [4.78, 5) is 19.0. The molecular weight excluding hydrogens is 260 g/mol. The van der Waals surface area contributed by atoms with Crippen molar-refractivity contribution in [2.24, 2.45) is 0 Å². The lowest BCUT2D eigenvalue weighted by atomic mass is 10.4. The van der Waals surface area contributed by atoms with Gasteiger partial charge in [0.25, 0.3) is 0 Å². The molecule has 80 valence electrons. The van der Waals surface area contributed by atoms with E-state index in [1.165, 1.54) is 0 Å². The first-order valence-electron chi connectivity index (χ1n) is 4.26. The molecule has 0 bridgehead atoms. The Kier molecular flexibility index (Phi) is 4.23. The molecular formula is C9H11BrN4O. The summed E-state index contributed by atoms with van der Waals surface area (Å²) in [6.07, 6.45) is 4.72. The molecule has 2 amide bonds. The fraction of sp³-hybridized carbons (Fsp3) is 0.222. The minimum absolute atomic E-state index is 0.262. The van der Waals surface area contributed by atoms with E-state index in [1.807, 2.05) is 13.8 Å². The third-order valence-corrected chi connectivity index (χ3v) is 1.75. The van der Waals surface area contributed by atoms with Crippen molar-refractivity contribution >= 4 is 27.9 Å². The fourth-order valence-electron chi connectivity index (χ4n) is 0.724. The van der Waals surface area contributed by atoms with Crippen LogP contribution in [0.4, 0.5) is 10.7 Å². The van der Waals surface area contributed by atoms with Gasteiger partial charge in [-0.1, -0.05) is 5.57 Å². The molecule has 1 heterocycles. The Morgan fingerprint density at radius 3 is 2.53 bits per heavy atom. The molecule has 1 aromatic rings. The van der Waals surface area contributed by atoms with Crippen LogP contribution in [0.5, 0.6) is 0 Å². The van der Waals surface area contributed by atoms with E-state index >= 15 is 0 Å². The van der Waals surface area contributed by atoms with Crippen molar-refractivity contribution in [3.63, 3.8) is 0 Å². The molecule has 0 atom stereocenters. The zero-order chi connectivity index (χ0) is 11.3. The van der Waals surface area contributed by atoms with Gasteiger partial charge < -0.3 is 5.32 Å². The number of nitrogens with zero attached hydrogens (tertiary/aromatic N) is 2. The highest BCUT2D eigenvalue weighted by molar-refractivity contribution is 9.10. The molecule has 0 aromatic carbocycles. The predicted octanol–water partition coefficient (Wildman–Crippen LogP) is 2.28. The molecule has 0 aliphatic carbocycles. The first-order valence-corrected chi connectivity index (χ1v) is 5.05. The maximum absolute atomic E-state index is 11.2. The average molecular weight is 271 g/mol. The average Bonchev–Trinajstić information content (AvgIpc) is 2.19. The summed E-state index contributed by atoms with van der Waals surface area (Å²) in [5, 5.41) is 5.03. The van der Waals surface area contributed by atoms with Gasteiger partial charge in [-0.3, -0.25) is 5.32 Å². The number of nitrogens with one attached hydrogen (secondary N) is 2. The van der Waals surface area contributed by atoms with E-state index in [1.54, 1.807) is 18.6 Å². The maximum atomic E-state index is 11.2. The minimum Gasteiger partial charge on any atom is -0.314 e. The highest BCUT2D eigenvalue weighted by Gasteiger charge is 2.00. The third-order valence-electron chi connectivity index (χ3n) is 1.34. The molecule has 0 fully saturated rings. The monoisotopic (exact) mass is 270 g/mol. The van der Waals surface area contributed by atoms with Crippen molar-refractivity contribution in [1.82, 2.24) is 15.3 Å². The van der Waals surface area contributed by atoms with Gasteiger partial charge in [-0.25, -0.2) is 14.8 Å². The fourth-order valence-corrected chi connectivity index (χ4v) is 0.929. The van der Waals surface area contributed by atoms with E-state index in [9.17, 15) is 4.79 Å². The van der Waals surface area contributed by atoms with Crippen LogP contribution in [-0.4, -0.2) is 16.0 Å². The number of halogens is 1. The van der Waals surface area contributed by atoms with E-state index < -0.39 is 0 Å². The van der Waals surface area contributed by atoms with Crippen LogP contribution >= 0.6 is 15.9 Å². The van der Waals surface area contributed by atoms with Crippen molar-refractivity contribution in [2.45, 2.75) is 13.8 Å². The molecule has 15 heavy (non-hydrogen) atoms. The zero-order valence-corrected chi connectivity index (χ0v) is 10.00. The highest BCUT2D eigenvalue weighted by Crippen LogP contribution is 2.06. The van der Waals surface area contributed by atoms with Crippen LogP contribution < -0.4 is 10.6 Å². The Labute approximate surface area is 96.1 Å². The second kappa shape index (κ2) is 5.45. The van der Waals surface area contributed by atoms with Crippen molar-refractivity contribution in [2.75, 3.05) is 5.32 Å². The van der Waals surface area contributed by atoms with E-state index in [0.717, 1.165) is 10.0 Å². The number of carbonyl (C=O) groups excluding carboxylic acids is 1. The molecule has 0 radical (unpaired) electrons. The van der Waals surface area contributed by atoms with Gasteiger partial charge in [0.1, 0.15) is 0 Å². The Hall–Kier alpha value is -1.43. The maximum Gasteiger partial charge on any atom is 0.325 e. The van der Waals surface area contributed by atoms with E-state index in [4.69, 9.17) is 0 Å². The number of urea groups is 1. The molecule has 0 spiro atoms. The molecule has 0 aliphatic heterocycles. The second-order valence-electron chi connectivity index (χ2n) is 3.05. The Morgan fingerprint density at radius 2 is 2.00 bits per heavy atom. The molecule has 2 N–H and O–H groups in total. The normalized spacial score (nSPS) is 9.27. The van der Waals surface area contributed by atoms with Crippen molar-refractivity contribution in [1.29, 1.82) is 0 Å². The molecule has 0 unspecified atom stereocenters. The number of aromatic nitrogens is 2. The summed E-state index contributed by atoms with van der Waals surface area (Å²) >= 11 is 3.20. The van der Waals surface area contributed by atoms with Gasteiger partial charge in [-0.15, -0.1) is 0 Å². The van der Waals surface area contributed by atoms with Gasteiger partial charge in [-0.05, 0) is 29.8 Å². The minimum atomic E-state index is -0.362. The van der Waals surface area contributed by atoms with Crippen LogP contribution in [-0.2, 0) is 0 Å². The number of hydrogen-bond donors (Lipinski definition) is 2. The van der Waals surface area contributed by atoms with Crippen LogP contribution in [0.1, 0.15) is 13.8 Å². The van der Waals surface area contributed by atoms with Crippen LogP contribution in [0.2, 0.25) is 0 Å². The summed E-state index contributed by atoms with van der Waals surface area (Å²) in [6, 6.07) is -0.362. The summed E-state index contributed by atoms with van der Waals surface area (Å²) in [6.45, 7) is 3.77. The summed E-state index contributed by atoms with van der Waals surface area (Å²) in [5.41, 5.74) is 1.00. The van der Waals surface area contributed by atoms with Crippen molar-refractivity contribution in [3.8, 4) is 0 Å². The SMILES string of the molecule is CC(C)=CNC(=O)Nc1ncc(Br)cn1. The number of hydrogen-bond acceptors (Lipinski definition) is 3. The Morgan fingerprint density at radius 1 is 1.40 bits per heavy atom. The largest absolute Gasteiger partial charge is 0.325 e. The first kappa shape index (κ1) is 11.6. The van der Waals surface area contributed by atoms with E-state index in [-0.39, 0.29) is 12.0 Å². The summed E-state index contributed by atoms with van der Waals surface area (Å²) in [7, 11) is 0. The molecule has 1 aromatic heterocycles. The number of rotatable bonds is 2. The van der Waals surface area contributed by atoms with Gasteiger partial charge in [0.15, 0.2) is 0 Å². The molecule has 0 saturated carbocycles. The second-order valence-corrected chi connectivity index (χ2v) is 3.96. The summed E-state index contributed by atoms with van der Waals surface area (Å²) < 4.78 is 0.762. The van der Waals surface area contributed by atoms with E-state index in [0.29, 0.717) is 0 Å². The molecule has 5 nitrogen and oxygen atoms in total.